The molecule has 5 heteroatoms. The van der Waals surface area contributed by atoms with Crippen molar-refractivity contribution in [1.29, 1.82) is 0 Å². The van der Waals surface area contributed by atoms with Crippen LogP contribution in [-0.4, -0.2) is 24.7 Å². The summed E-state index contributed by atoms with van der Waals surface area (Å²) < 4.78 is 10.8. The van der Waals surface area contributed by atoms with Crippen molar-refractivity contribution in [2.75, 3.05) is 13.2 Å². The molecule has 1 heterocycles. The minimum Gasteiger partial charge on any atom is -0.486 e. The number of carbonyl (C=O) groups is 1. The Balaban J connectivity index is 2.07. The highest BCUT2D eigenvalue weighted by Gasteiger charge is 2.16. The van der Waals surface area contributed by atoms with Crippen LogP contribution in [0.1, 0.15) is 31.1 Å². The average molecular weight is 250 g/mol. The predicted octanol–water partition coefficient (Wildman–Crippen LogP) is 1.49. The molecular weight excluding hydrogens is 232 g/mol. The van der Waals surface area contributed by atoms with Gasteiger partial charge in [0.1, 0.15) is 13.2 Å². The van der Waals surface area contributed by atoms with Gasteiger partial charge in [-0.15, -0.1) is 0 Å². The molecule has 5 nitrogen and oxygen atoms in total. The first kappa shape index (κ1) is 12.7. The molecule has 0 atom stereocenters. The number of amides is 1. The molecule has 0 unspecified atom stereocenters. The molecule has 0 aromatic heterocycles. The fourth-order valence-electron chi connectivity index (χ4n) is 1.50. The van der Waals surface area contributed by atoms with Gasteiger partial charge in [-0.2, -0.15) is 0 Å². The fourth-order valence-corrected chi connectivity index (χ4v) is 1.50. The Morgan fingerprint density at radius 1 is 1.17 bits per heavy atom. The smallest absolute Gasteiger partial charge is 0.265 e. The molecule has 18 heavy (non-hydrogen) atoms. The predicted molar refractivity (Wildman–Crippen MR) is 67.8 cm³/mol. The van der Waals surface area contributed by atoms with E-state index in [0.717, 1.165) is 0 Å². The molecule has 2 N–H and O–H groups in total. The Bertz CT molecular complexity index is 452. The fraction of sp³-hybridized carbons (Fsp3) is 0.462. The van der Waals surface area contributed by atoms with E-state index in [4.69, 9.17) is 9.47 Å². The Labute approximate surface area is 106 Å². The first-order chi connectivity index (χ1) is 8.46. The van der Waals surface area contributed by atoms with Gasteiger partial charge < -0.3 is 9.47 Å². The summed E-state index contributed by atoms with van der Waals surface area (Å²) in [6, 6.07) is 5.15. The van der Waals surface area contributed by atoms with E-state index in [1.165, 1.54) is 0 Å². The minimum absolute atomic E-state index is 0.177. The Kier molecular flexibility index (Phi) is 3.43. The second-order valence-corrected chi connectivity index (χ2v) is 5.19. The molecule has 0 aliphatic carbocycles. The lowest BCUT2D eigenvalue weighted by Gasteiger charge is -2.22. The molecule has 0 spiro atoms. The zero-order valence-corrected chi connectivity index (χ0v) is 10.9. The molecule has 0 saturated heterocycles. The normalized spacial score (nSPS) is 14.2. The maximum Gasteiger partial charge on any atom is 0.265 e. The lowest BCUT2D eigenvalue weighted by molar-refractivity contribution is 0.0913. The number of hydrogen-bond donors (Lipinski definition) is 2. The number of carbonyl (C=O) groups excluding carboxylic acids is 1. The summed E-state index contributed by atoms with van der Waals surface area (Å²) in [7, 11) is 0. The molecule has 1 aliphatic rings. The van der Waals surface area contributed by atoms with Crippen LogP contribution in [0.4, 0.5) is 0 Å². The van der Waals surface area contributed by atoms with Crippen LogP contribution in [0.2, 0.25) is 0 Å². The van der Waals surface area contributed by atoms with Gasteiger partial charge in [-0.3, -0.25) is 10.2 Å². The standard InChI is InChI=1S/C13H18N2O3/c1-13(2,3)15-14-12(16)9-4-5-10-11(8-9)18-7-6-17-10/h4-5,8,15H,6-7H2,1-3H3,(H,14,16). The van der Waals surface area contributed by atoms with Gasteiger partial charge in [0, 0.05) is 11.1 Å². The van der Waals surface area contributed by atoms with E-state index in [2.05, 4.69) is 10.9 Å². The molecule has 1 aromatic rings. The number of nitrogens with one attached hydrogen (secondary N) is 2. The highest BCUT2D eigenvalue weighted by molar-refractivity contribution is 5.94. The Morgan fingerprint density at radius 2 is 1.83 bits per heavy atom. The molecule has 1 amide bonds. The molecule has 98 valence electrons. The summed E-state index contributed by atoms with van der Waals surface area (Å²) in [6.45, 7) is 6.97. The van der Waals surface area contributed by atoms with Gasteiger partial charge in [-0.1, -0.05) is 0 Å². The lowest BCUT2D eigenvalue weighted by Crippen LogP contribution is -2.48. The first-order valence-corrected chi connectivity index (χ1v) is 5.93. The van der Waals surface area contributed by atoms with Crippen LogP contribution in [-0.2, 0) is 0 Å². The molecule has 1 aromatic carbocycles. The summed E-state index contributed by atoms with van der Waals surface area (Å²) in [6.07, 6.45) is 0. The van der Waals surface area contributed by atoms with E-state index in [9.17, 15) is 4.79 Å². The summed E-state index contributed by atoms with van der Waals surface area (Å²) in [5.74, 6) is 1.10. The highest BCUT2D eigenvalue weighted by atomic mass is 16.6. The number of hydrogen-bond acceptors (Lipinski definition) is 4. The maximum absolute atomic E-state index is 11.9. The lowest BCUT2D eigenvalue weighted by atomic mass is 10.1. The van der Waals surface area contributed by atoms with Crippen LogP contribution < -0.4 is 20.3 Å². The van der Waals surface area contributed by atoms with Crippen LogP contribution >= 0.6 is 0 Å². The third kappa shape index (κ3) is 3.13. The topological polar surface area (TPSA) is 59.6 Å². The molecule has 1 aliphatic heterocycles. The van der Waals surface area contributed by atoms with Gasteiger partial charge in [0.2, 0.25) is 0 Å². The average Bonchev–Trinajstić information content (AvgIpc) is 2.34. The highest BCUT2D eigenvalue weighted by Crippen LogP contribution is 2.30. The van der Waals surface area contributed by atoms with Gasteiger partial charge in [0.05, 0.1) is 0 Å². The van der Waals surface area contributed by atoms with Gasteiger partial charge in [0.25, 0.3) is 5.91 Å². The second kappa shape index (κ2) is 4.86. The Morgan fingerprint density at radius 3 is 2.50 bits per heavy atom. The maximum atomic E-state index is 11.9. The van der Waals surface area contributed by atoms with E-state index in [1.807, 2.05) is 20.8 Å². The van der Waals surface area contributed by atoms with Gasteiger partial charge >= 0.3 is 0 Å². The summed E-state index contributed by atoms with van der Waals surface area (Å²) >= 11 is 0. The zero-order chi connectivity index (χ0) is 13.2. The number of benzene rings is 1. The molecular formula is C13H18N2O3. The molecule has 0 radical (unpaired) electrons. The SMILES string of the molecule is CC(C)(C)NNC(=O)c1ccc2c(c1)OCCO2. The van der Waals surface area contributed by atoms with Crippen molar-refractivity contribution >= 4 is 5.91 Å². The van der Waals surface area contributed by atoms with E-state index >= 15 is 0 Å². The molecule has 0 bridgehead atoms. The molecule has 0 saturated carbocycles. The van der Waals surface area contributed by atoms with Crippen LogP contribution in [0.25, 0.3) is 0 Å². The summed E-state index contributed by atoms with van der Waals surface area (Å²) in [5.41, 5.74) is 5.95. The van der Waals surface area contributed by atoms with E-state index < -0.39 is 0 Å². The van der Waals surface area contributed by atoms with Crippen molar-refractivity contribution in [2.45, 2.75) is 26.3 Å². The monoisotopic (exact) mass is 250 g/mol. The van der Waals surface area contributed by atoms with Crippen LogP contribution in [0, 0.1) is 0 Å². The Hall–Kier alpha value is -1.75. The van der Waals surface area contributed by atoms with Crippen LogP contribution in [0.15, 0.2) is 18.2 Å². The third-order valence-corrected chi connectivity index (χ3v) is 2.36. The minimum atomic E-state index is -0.193. The van der Waals surface area contributed by atoms with Crippen molar-refractivity contribution in [2.24, 2.45) is 0 Å². The van der Waals surface area contributed by atoms with Crippen molar-refractivity contribution in [3.8, 4) is 11.5 Å². The number of ether oxygens (including phenoxy) is 2. The third-order valence-electron chi connectivity index (χ3n) is 2.36. The van der Waals surface area contributed by atoms with Gasteiger partial charge in [-0.05, 0) is 39.0 Å². The number of rotatable bonds is 2. The van der Waals surface area contributed by atoms with Crippen LogP contribution in [0.5, 0.6) is 11.5 Å². The molecule has 2 rings (SSSR count). The quantitative estimate of drug-likeness (QED) is 0.781. The summed E-state index contributed by atoms with van der Waals surface area (Å²) in [4.78, 5) is 11.9. The zero-order valence-electron chi connectivity index (χ0n) is 10.9. The van der Waals surface area contributed by atoms with E-state index in [0.29, 0.717) is 30.3 Å². The van der Waals surface area contributed by atoms with E-state index in [1.54, 1.807) is 18.2 Å². The van der Waals surface area contributed by atoms with Gasteiger partial charge in [-0.25, -0.2) is 5.43 Å². The number of fused-ring (bicyclic) bond motifs is 1. The van der Waals surface area contributed by atoms with E-state index in [-0.39, 0.29) is 11.4 Å². The van der Waals surface area contributed by atoms with Crippen molar-refractivity contribution < 1.29 is 14.3 Å². The van der Waals surface area contributed by atoms with Gasteiger partial charge in [0.15, 0.2) is 11.5 Å². The first-order valence-electron chi connectivity index (χ1n) is 5.93. The van der Waals surface area contributed by atoms with Crippen molar-refractivity contribution in [1.82, 2.24) is 10.9 Å². The second-order valence-electron chi connectivity index (χ2n) is 5.19. The summed E-state index contributed by atoms with van der Waals surface area (Å²) in [5, 5.41) is 0. The largest absolute Gasteiger partial charge is 0.486 e. The van der Waals surface area contributed by atoms with Crippen LogP contribution in [0.3, 0.4) is 0 Å². The number of hydrazine groups is 1. The van der Waals surface area contributed by atoms with Crippen molar-refractivity contribution in [3.05, 3.63) is 23.8 Å². The van der Waals surface area contributed by atoms with Crippen molar-refractivity contribution in [3.63, 3.8) is 0 Å². The molecule has 0 fully saturated rings.